The predicted molar refractivity (Wildman–Crippen MR) is 80.2 cm³/mol. The van der Waals surface area contributed by atoms with Crippen molar-refractivity contribution in [3.63, 3.8) is 0 Å². The number of oxime groups is 1. The Morgan fingerprint density at radius 1 is 1.29 bits per heavy atom. The molecule has 0 saturated heterocycles. The van der Waals surface area contributed by atoms with Crippen LogP contribution in [0.4, 0.5) is 0 Å². The quantitative estimate of drug-likeness (QED) is 0.444. The Morgan fingerprint density at radius 2 is 2.14 bits per heavy atom. The fraction of sp³-hybridized carbons (Fsp3) is 0.375. The lowest BCUT2D eigenvalue weighted by atomic mass is 9.74. The van der Waals surface area contributed by atoms with Gasteiger partial charge in [-0.25, -0.2) is 4.98 Å². The van der Waals surface area contributed by atoms with Gasteiger partial charge in [-0.3, -0.25) is 0 Å². The number of halogens is 1. The Morgan fingerprint density at radius 3 is 2.90 bits per heavy atom. The molecule has 2 aromatic rings. The summed E-state index contributed by atoms with van der Waals surface area (Å²) < 4.78 is 0. The van der Waals surface area contributed by atoms with Gasteiger partial charge in [0.1, 0.15) is 5.15 Å². The van der Waals surface area contributed by atoms with Gasteiger partial charge in [-0.15, -0.1) is 0 Å². The largest absolute Gasteiger partial charge is 0.411 e. The van der Waals surface area contributed by atoms with Crippen LogP contribution in [0, 0.1) is 5.92 Å². The van der Waals surface area contributed by atoms with Gasteiger partial charge >= 0.3 is 0 Å². The smallest absolute Gasteiger partial charge is 0.129 e. The number of aromatic amines is 1. The summed E-state index contributed by atoms with van der Waals surface area (Å²) in [6.07, 6.45) is 6.12. The second kappa shape index (κ2) is 3.89. The summed E-state index contributed by atoms with van der Waals surface area (Å²) in [5.74, 6) is 0.932. The molecule has 0 spiro atoms. The summed E-state index contributed by atoms with van der Waals surface area (Å²) in [5.41, 5.74) is 8.17. The maximum absolute atomic E-state index is 9.44. The first-order valence-corrected chi connectivity index (χ1v) is 7.77. The van der Waals surface area contributed by atoms with Gasteiger partial charge in [0.2, 0.25) is 0 Å². The fourth-order valence-corrected chi connectivity index (χ4v) is 4.40. The summed E-state index contributed by atoms with van der Waals surface area (Å²) in [7, 11) is 0. The Labute approximate surface area is 126 Å². The van der Waals surface area contributed by atoms with E-state index in [2.05, 4.69) is 15.1 Å². The molecule has 2 heterocycles. The monoisotopic (exact) mass is 299 g/mol. The highest BCUT2D eigenvalue weighted by Gasteiger charge is 2.48. The molecule has 5 rings (SSSR count). The lowest BCUT2D eigenvalue weighted by Gasteiger charge is -2.30. The minimum absolute atomic E-state index is 0.420. The van der Waals surface area contributed by atoms with Crippen molar-refractivity contribution in [2.75, 3.05) is 0 Å². The molecule has 106 valence electrons. The summed E-state index contributed by atoms with van der Waals surface area (Å²) >= 11 is 6.07. The zero-order valence-electron chi connectivity index (χ0n) is 11.4. The molecule has 2 atom stereocenters. The van der Waals surface area contributed by atoms with Gasteiger partial charge < -0.3 is 10.2 Å². The topological polar surface area (TPSA) is 61.3 Å². The molecule has 0 aromatic carbocycles. The van der Waals surface area contributed by atoms with Crippen LogP contribution >= 0.6 is 11.6 Å². The second-order valence-electron chi connectivity index (χ2n) is 6.21. The Kier molecular flexibility index (Phi) is 2.19. The molecule has 3 aliphatic carbocycles. The maximum Gasteiger partial charge on any atom is 0.129 e. The van der Waals surface area contributed by atoms with Crippen molar-refractivity contribution in [2.45, 2.75) is 31.6 Å². The molecule has 0 aliphatic heterocycles. The summed E-state index contributed by atoms with van der Waals surface area (Å²) in [6.45, 7) is 0. The van der Waals surface area contributed by atoms with E-state index in [1.807, 2.05) is 12.3 Å². The SMILES string of the molecule is O/N=C1/c2c([nH]c3c2CCc2cnc(Cl)cc2-3)C2CCC12. The van der Waals surface area contributed by atoms with Gasteiger partial charge in [-0.1, -0.05) is 16.8 Å². The van der Waals surface area contributed by atoms with Crippen molar-refractivity contribution in [2.24, 2.45) is 11.1 Å². The van der Waals surface area contributed by atoms with Crippen molar-refractivity contribution in [1.29, 1.82) is 0 Å². The number of rotatable bonds is 0. The second-order valence-corrected chi connectivity index (χ2v) is 6.59. The first kappa shape index (κ1) is 11.8. The van der Waals surface area contributed by atoms with Crippen LogP contribution in [0.5, 0.6) is 0 Å². The number of nitrogens with zero attached hydrogens (tertiary/aromatic N) is 2. The molecule has 1 saturated carbocycles. The number of nitrogens with one attached hydrogen (secondary N) is 1. The third kappa shape index (κ3) is 1.36. The number of hydrogen-bond acceptors (Lipinski definition) is 3. The highest BCUT2D eigenvalue weighted by atomic mass is 35.5. The number of pyridine rings is 1. The van der Waals surface area contributed by atoms with Crippen LogP contribution in [-0.2, 0) is 12.8 Å². The molecule has 5 heteroatoms. The molecular weight excluding hydrogens is 286 g/mol. The summed E-state index contributed by atoms with van der Waals surface area (Å²) in [6, 6.07) is 1.94. The fourth-order valence-electron chi connectivity index (χ4n) is 4.24. The van der Waals surface area contributed by atoms with Gasteiger partial charge in [0.15, 0.2) is 0 Å². The molecule has 0 bridgehead atoms. The van der Waals surface area contributed by atoms with Gasteiger partial charge in [-0.2, -0.15) is 0 Å². The van der Waals surface area contributed by atoms with Gasteiger partial charge in [0, 0.05) is 40.5 Å². The first-order valence-electron chi connectivity index (χ1n) is 7.39. The van der Waals surface area contributed by atoms with Gasteiger partial charge in [0.25, 0.3) is 0 Å². The van der Waals surface area contributed by atoms with E-state index in [9.17, 15) is 5.21 Å². The summed E-state index contributed by atoms with van der Waals surface area (Å²) in [4.78, 5) is 7.80. The van der Waals surface area contributed by atoms with Crippen LogP contribution in [0.1, 0.15) is 41.1 Å². The van der Waals surface area contributed by atoms with E-state index in [-0.39, 0.29) is 0 Å². The summed E-state index contributed by atoms with van der Waals surface area (Å²) in [5, 5.41) is 13.6. The molecule has 3 aliphatic rings. The normalized spacial score (nSPS) is 26.8. The lowest BCUT2D eigenvalue weighted by molar-refractivity contribution is 0.298. The van der Waals surface area contributed by atoms with Crippen molar-refractivity contribution in [3.05, 3.63) is 39.8 Å². The number of aryl methyl sites for hydroxylation is 1. The molecule has 21 heavy (non-hydrogen) atoms. The molecule has 2 N–H and O–H groups in total. The molecule has 4 nitrogen and oxygen atoms in total. The van der Waals surface area contributed by atoms with Crippen molar-refractivity contribution in [3.8, 4) is 11.3 Å². The van der Waals surface area contributed by atoms with Crippen LogP contribution < -0.4 is 0 Å². The first-order chi connectivity index (χ1) is 10.3. The van der Waals surface area contributed by atoms with Crippen LogP contribution in [-0.4, -0.2) is 20.9 Å². The Hall–Kier alpha value is -1.81. The highest BCUT2D eigenvalue weighted by molar-refractivity contribution is 6.29. The Balaban J connectivity index is 1.77. The van der Waals surface area contributed by atoms with E-state index in [4.69, 9.17) is 11.6 Å². The minimum Gasteiger partial charge on any atom is -0.411 e. The van der Waals surface area contributed by atoms with Gasteiger partial charge in [-0.05, 0) is 42.9 Å². The van der Waals surface area contributed by atoms with Crippen LogP contribution in [0.2, 0.25) is 5.15 Å². The minimum atomic E-state index is 0.420. The lowest BCUT2D eigenvalue weighted by Crippen LogP contribution is -2.25. The maximum atomic E-state index is 9.44. The van der Waals surface area contributed by atoms with Crippen molar-refractivity contribution in [1.82, 2.24) is 9.97 Å². The molecule has 2 unspecified atom stereocenters. The van der Waals surface area contributed by atoms with E-state index in [0.29, 0.717) is 17.0 Å². The van der Waals surface area contributed by atoms with E-state index in [1.165, 1.54) is 28.8 Å². The van der Waals surface area contributed by atoms with E-state index in [0.717, 1.165) is 36.2 Å². The Bertz CT molecular complexity index is 808. The zero-order chi connectivity index (χ0) is 14.1. The molecular formula is C16H14ClN3O. The van der Waals surface area contributed by atoms with E-state index < -0.39 is 0 Å². The third-order valence-electron chi connectivity index (χ3n) is 5.36. The van der Waals surface area contributed by atoms with Crippen LogP contribution in [0.3, 0.4) is 0 Å². The number of hydrogen-bond donors (Lipinski definition) is 2. The predicted octanol–water partition coefficient (Wildman–Crippen LogP) is 3.51. The number of fused-ring (bicyclic) bond motifs is 7. The van der Waals surface area contributed by atoms with Crippen LogP contribution in [0.15, 0.2) is 17.4 Å². The highest BCUT2D eigenvalue weighted by Crippen LogP contribution is 2.54. The zero-order valence-corrected chi connectivity index (χ0v) is 12.1. The molecule has 1 fully saturated rings. The average molecular weight is 300 g/mol. The van der Waals surface area contributed by atoms with Crippen molar-refractivity contribution < 1.29 is 5.21 Å². The number of aromatic nitrogens is 2. The number of H-pyrrole nitrogens is 1. The van der Waals surface area contributed by atoms with Gasteiger partial charge in [0.05, 0.1) is 5.71 Å². The average Bonchev–Trinajstić information content (AvgIpc) is 2.90. The third-order valence-corrected chi connectivity index (χ3v) is 5.57. The van der Waals surface area contributed by atoms with Crippen molar-refractivity contribution >= 4 is 17.3 Å². The van der Waals surface area contributed by atoms with E-state index >= 15 is 0 Å². The molecule has 0 amide bonds. The van der Waals surface area contributed by atoms with E-state index in [1.54, 1.807) is 0 Å². The molecule has 2 aromatic heterocycles. The molecule has 0 radical (unpaired) electrons. The van der Waals surface area contributed by atoms with Crippen LogP contribution in [0.25, 0.3) is 11.3 Å². The standard InChI is InChI=1S/C16H14ClN3O/c17-12-5-11-7(6-18-12)1-2-10-13-15(19-14(10)11)8-3-4-9(8)16(13)20-21/h5-6,8-9,19,21H,1-4H2/b20-16+.